The van der Waals surface area contributed by atoms with E-state index >= 15 is 0 Å². The van der Waals surface area contributed by atoms with Crippen LogP contribution in [-0.4, -0.2) is 48.1 Å². The molecule has 1 amide bonds. The molecule has 1 fully saturated rings. The standard InChI is InChI=1S/C11H15N3O3/c12-6-9-7-14(3-4-17-9)11(16)8-1-2-13-10(15)5-8/h1-2,5,9H,3-4,6-7,12H2,(H,13,15). The number of aromatic amines is 1. The molecule has 2 rings (SSSR count). The van der Waals surface area contributed by atoms with Crippen LogP contribution in [0.3, 0.4) is 0 Å². The number of rotatable bonds is 2. The summed E-state index contributed by atoms with van der Waals surface area (Å²) in [6.07, 6.45) is 1.35. The number of carbonyl (C=O) groups is 1. The van der Waals surface area contributed by atoms with Gasteiger partial charge in [0.25, 0.3) is 5.91 Å². The van der Waals surface area contributed by atoms with E-state index < -0.39 is 0 Å². The van der Waals surface area contributed by atoms with Crippen LogP contribution in [0.1, 0.15) is 10.4 Å². The average Bonchev–Trinajstić information content (AvgIpc) is 2.38. The monoisotopic (exact) mass is 237 g/mol. The SMILES string of the molecule is NCC1CN(C(=O)c2cc[nH]c(=O)c2)CCO1. The lowest BCUT2D eigenvalue weighted by Crippen LogP contribution is -2.48. The first-order chi connectivity index (χ1) is 8.20. The summed E-state index contributed by atoms with van der Waals surface area (Å²) in [6.45, 7) is 1.88. The summed E-state index contributed by atoms with van der Waals surface area (Å²) in [4.78, 5) is 27.4. The van der Waals surface area contributed by atoms with Gasteiger partial charge in [-0.05, 0) is 6.07 Å². The molecular weight excluding hydrogens is 222 g/mol. The number of carbonyl (C=O) groups excluding carboxylic acids is 1. The second-order valence-corrected chi connectivity index (χ2v) is 3.92. The van der Waals surface area contributed by atoms with E-state index in [-0.39, 0.29) is 17.6 Å². The maximum Gasteiger partial charge on any atom is 0.254 e. The number of nitrogens with two attached hydrogens (primary N) is 1. The first-order valence-corrected chi connectivity index (χ1v) is 5.50. The molecule has 6 nitrogen and oxygen atoms in total. The summed E-state index contributed by atoms with van der Waals surface area (Å²) in [5, 5.41) is 0. The molecule has 1 unspecified atom stereocenters. The molecule has 1 aromatic heterocycles. The Balaban J connectivity index is 2.12. The van der Waals surface area contributed by atoms with Crippen molar-refractivity contribution in [3.05, 3.63) is 34.2 Å². The van der Waals surface area contributed by atoms with E-state index in [2.05, 4.69) is 4.98 Å². The van der Waals surface area contributed by atoms with E-state index in [0.29, 0.717) is 31.8 Å². The number of pyridine rings is 1. The number of hydrogen-bond acceptors (Lipinski definition) is 4. The number of amides is 1. The van der Waals surface area contributed by atoms with Gasteiger partial charge in [-0.3, -0.25) is 9.59 Å². The Bertz CT molecular complexity index is 457. The normalized spacial score (nSPS) is 20.3. The Morgan fingerprint density at radius 1 is 1.65 bits per heavy atom. The molecule has 0 spiro atoms. The van der Waals surface area contributed by atoms with Gasteiger partial charge in [-0.15, -0.1) is 0 Å². The fourth-order valence-electron chi connectivity index (χ4n) is 1.81. The summed E-state index contributed by atoms with van der Waals surface area (Å²) in [7, 11) is 0. The third-order valence-corrected chi connectivity index (χ3v) is 2.71. The van der Waals surface area contributed by atoms with Crippen LogP contribution in [0.2, 0.25) is 0 Å². The van der Waals surface area contributed by atoms with Crippen LogP contribution >= 0.6 is 0 Å². The first-order valence-electron chi connectivity index (χ1n) is 5.50. The number of morpholine rings is 1. The second-order valence-electron chi connectivity index (χ2n) is 3.92. The lowest BCUT2D eigenvalue weighted by atomic mass is 10.2. The molecule has 1 atom stereocenters. The molecule has 0 saturated carbocycles. The van der Waals surface area contributed by atoms with Crippen LogP contribution in [0.25, 0.3) is 0 Å². The zero-order valence-corrected chi connectivity index (χ0v) is 9.39. The molecule has 0 aromatic carbocycles. The third-order valence-electron chi connectivity index (χ3n) is 2.71. The molecule has 0 aliphatic carbocycles. The van der Waals surface area contributed by atoms with Gasteiger partial charge < -0.3 is 20.4 Å². The van der Waals surface area contributed by atoms with Crippen molar-refractivity contribution in [3.63, 3.8) is 0 Å². The number of H-pyrrole nitrogens is 1. The topological polar surface area (TPSA) is 88.4 Å². The Hall–Kier alpha value is -1.66. The Morgan fingerprint density at radius 2 is 2.47 bits per heavy atom. The fraction of sp³-hybridized carbons (Fsp3) is 0.455. The quantitative estimate of drug-likeness (QED) is 0.703. The van der Waals surface area contributed by atoms with E-state index in [0.717, 1.165) is 0 Å². The van der Waals surface area contributed by atoms with E-state index in [9.17, 15) is 9.59 Å². The molecule has 1 aliphatic rings. The van der Waals surface area contributed by atoms with Gasteiger partial charge >= 0.3 is 0 Å². The first kappa shape index (κ1) is 11.8. The van der Waals surface area contributed by atoms with Gasteiger partial charge in [0.2, 0.25) is 5.56 Å². The number of hydrogen-bond donors (Lipinski definition) is 2. The number of ether oxygens (including phenoxy) is 1. The predicted octanol–water partition coefficient (Wildman–Crippen LogP) is -0.825. The summed E-state index contributed by atoms with van der Waals surface area (Å²) in [5.74, 6) is -0.155. The molecule has 1 aromatic rings. The minimum Gasteiger partial charge on any atom is -0.373 e. The molecule has 1 aliphatic heterocycles. The van der Waals surface area contributed by atoms with Crippen LogP contribution in [0.15, 0.2) is 23.1 Å². The maximum atomic E-state index is 12.1. The predicted molar refractivity (Wildman–Crippen MR) is 61.8 cm³/mol. The lowest BCUT2D eigenvalue weighted by Gasteiger charge is -2.32. The maximum absolute atomic E-state index is 12.1. The molecule has 0 radical (unpaired) electrons. The Morgan fingerprint density at radius 3 is 3.18 bits per heavy atom. The van der Waals surface area contributed by atoms with Crippen molar-refractivity contribution in [1.82, 2.24) is 9.88 Å². The van der Waals surface area contributed by atoms with Gasteiger partial charge in [-0.25, -0.2) is 0 Å². The van der Waals surface area contributed by atoms with Gasteiger partial charge in [0.15, 0.2) is 0 Å². The van der Waals surface area contributed by atoms with Crippen molar-refractivity contribution < 1.29 is 9.53 Å². The molecule has 92 valence electrons. The minimum absolute atomic E-state index is 0.116. The average molecular weight is 237 g/mol. The van der Waals surface area contributed by atoms with Gasteiger partial charge in [0, 0.05) is 37.5 Å². The molecule has 3 N–H and O–H groups in total. The lowest BCUT2D eigenvalue weighted by molar-refractivity contribution is -0.0167. The van der Waals surface area contributed by atoms with Crippen molar-refractivity contribution >= 4 is 5.91 Å². The van der Waals surface area contributed by atoms with Crippen molar-refractivity contribution in [2.24, 2.45) is 5.73 Å². The Kier molecular flexibility index (Phi) is 3.55. The van der Waals surface area contributed by atoms with Crippen molar-refractivity contribution in [1.29, 1.82) is 0 Å². The molecule has 1 saturated heterocycles. The van der Waals surface area contributed by atoms with Crippen molar-refractivity contribution in [2.75, 3.05) is 26.2 Å². The summed E-state index contributed by atoms with van der Waals surface area (Å²) in [6, 6.07) is 2.89. The second kappa shape index (κ2) is 5.11. The van der Waals surface area contributed by atoms with Crippen molar-refractivity contribution in [2.45, 2.75) is 6.10 Å². The summed E-state index contributed by atoms with van der Waals surface area (Å²) in [5.41, 5.74) is 5.63. The van der Waals surface area contributed by atoms with Crippen molar-refractivity contribution in [3.8, 4) is 0 Å². The number of nitrogens with zero attached hydrogens (tertiary/aromatic N) is 1. The minimum atomic E-state index is -0.278. The van der Waals surface area contributed by atoms with E-state index in [1.54, 1.807) is 11.0 Å². The molecule has 6 heteroatoms. The van der Waals surface area contributed by atoms with Gasteiger partial charge in [0.1, 0.15) is 0 Å². The number of aromatic nitrogens is 1. The highest BCUT2D eigenvalue weighted by Gasteiger charge is 2.24. The summed E-state index contributed by atoms with van der Waals surface area (Å²) >= 11 is 0. The van der Waals surface area contributed by atoms with Gasteiger partial charge in [-0.1, -0.05) is 0 Å². The zero-order valence-electron chi connectivity index (χ0n) is 9.39. The summed E-state index contributed by atoms with van der Waals surface area (Å²) < 4.78 is 5.38. The van der Waals surface area contributed by atoms with E-state index in [1.165, 1.54) is 12.3 Å². The Labute approximate surface area is 98.4 Å². The molecule has 17 heavy (non-hydrogen) atoms. The molecular formula is C11H15N3O3. The van der Waals surface area contributed by atoms with Crippen LogP contribution in [0.4, 0.5) is 0 Å². The van der Waals surface area contributed by atoms with Crippen LogP contribution in [0.5, 0.6) is 0 Å². The fourth-order valence-corrected chi connectivity index (χ4v) is 1.81. The highest BCUT2D eigenvalue weighted by atomic mass is 16.5. The highest BCUT2D eigenvalue weighted by Crippen LogP contribution is 2.08. The largest absolute Gasteiger partial charge is 0.373 e. The molecule has 2 heterocycles. The highest BCUT2D eigenvalue weighted by molar-refractivity contribution is 5.94. The van der Waals surface area contributed by atoms with E-state index in [4.69, 9.17) is 10.5 Å². The third kappa shape index (κ3) is 2.72. The smallest absolute Gasteiger partial charge is 0.254 e. The van der Waals surface area contributed by atoms with Gasteiger partial charge in [-0.2, -0.15) is 0 Å². The zero-order chi connectivity index (χ0) is 12.3. The van der Waals surface area contributed by atoms with Crippen LogP contribution in [0, 0.1) is 0 Å². The van der Waals surface area contributed by atoms with E-state index in [1.807, 2.05) is 0 Å². The van der Waals surface area contributed by atoms with Crippen LogP contribution < -0.4 is 11.3 Å². The van der Waals surface area contributed by atoms with Gasteiger partial charge in [0.05, 0.1) is 12.7 Å². The molecule has 0 bridgehead atoms. The number of nitrogens with one attached hydrogen (secondary N) is 1. The van der Waals surface area contributed by atoms with Crippen LogP contribution in [-0.2, 0) is 4.74 Å².